The maximum atomic E-state index is 5.76. The lowest BCUT2D eigenvalue weighted by Crippen LogP contribution is -2.11. The van der Waals surface area contributed by atoms with Crippen molar-refractivity contribution in [3.63, 3.8) is 0 Å². The van der Waals surface area contributed by atoms with Gasteiger partial charge < -0.3 is 11.1 Å². The Morgan fingerprint density at radius 2 is 2.31 bits per heavy atom. The molecule has 16 heavy (non-hydrogen) atoms. The zero-order valence-corrected chi connectivity index (χ0v) is 9.22. The third kappa shape index (κ3) is 2.50. The van der Waals surface area contributed by atoms with Gasteiger partial charge in [-0.25, -0.2) is 0 Å². The number of hydrogen-bond acceptors (Lipinski definition) is 4. The van der Waals surface area contributed by atoms with Crippen LogP contribution in [-0.2, 0) is 6.54 Å². The fourth-order valence-corrected chi connectivity index (χ4v) is 1.46. The summed E-state index contributed by atoms with van der Waals surface area (Å²) >= 11 is 0. The Bertz CT molecular complexity index is 463. The Morgan fingerprint density at radius 3 is 3.00 bits per heavy atom. The number of nitrogens with zero attached hydrogens (tertiary/aromatic N) is 3. The number of anilines is 2. The highest BCUT2D eigenvalue weighted by Gasteiger charge is 1.97. The van der Waals surface area contributed by atoms with Crippen LogP contribution in [0.2, 0.25) is 0 Å². The van der Waals surface area contributed by atoms with Gasteiger partial charge in [-0.2, -0.15) is 5.10 Å². The van der Waals surface area contributed by atoms with Crippen molar-refractivity contribution >= 4 is 11.4 Å². The molecule has 0 saturated carbocycles. The maximum absolute atomic E-state index is 5.76. The van der Waals surface area contributed by atoms with Gasteiger partial charge in [0, 0.05) is 18.9 Å². The van der Waals surface area contributed by atoms with Crippen LogP contribution >= 0.6 is 0 Å². The largest absolute Gasteiger partial charge is 0.396 e. The Labute approximate surface area is 94.3 Å². The third-order valence-electron chi connectivity index (χ3n) is 2.27. The summed E-state index contributed by atoms with van der Waals surface area (Å²) in [6, 6.07) is 1.86. The van der Waals surface area contributed by atoms with Gasteiger partial charge >= 0.3 is 0 Å². The van der Waals surface area contributed by atoms with Crippen molar-refractivity contribution in [3.05, 3.63) is 36.4 Å². The van der Waals surface area contributed by atoms with Crippen molar-refractivity contribution in [2.45, 2.75) is 13.5 Å². The lowest BCUT2D eigenvalue weighted by atomic mass is 10.3. The van der Waals surface area contributed by atoms with E-state index in [1.54, 1.807) is 12.4 Å². The third-order valence-corrected chi connectivity index (χ3v) is 2.27. The molecular weight excluding hydrogens is 202 g/mol. The first-order valence-corrected chi connectivity index (χ1v) is 5.18. The lowest BCUT2D eigenvalue weighted by molar-refractivity contribution is 0.637. The molecule has 0 fully saturated rings. The number of nitrogens with one attached hydrogen (secondary N) is 1. The van der Waals surface area contributed by atoms with Crippen LogP contribution in [0.1, 0.15) is 5.56 Å². The molecule has 0 bridgehead atoms. The minimum absolute atomic E-state index is 0.666. The highest BCUT2D eigenvalue weighted by Crippen LogP contribution is 2.14. The highest BCUT2D eigenvalue weighted by molar-refractivity contribution is 5.63. The molecular formula is C11H15N5. The minimum atomic E-state index is 0.666. The van der Waals surface area contributed by atoms with E-state index in [1.165, 1.54) is 5.56 Å². The van der Waals surface area contributed by atoms with Gasteiger partial charge in [0.05, 0.1) is 30.3 Å². The number of rotatable bonds is 4. The molecule has 0 amide bonds. The smallest absolute Gasteiger partial charge is 0.0736 e. The number of nitrogens with two attached hydrogens (primary N) is 1. The molecule has 0 aliphatic rings. The van der Waals surface area contributed by atoms with Gasteiger partial charge in [0.2, 0.25) is 0 Å². The van der Waals surface area contributed by atoms with Crippen molar-refractivity contribution in [2.75, 3.05) is 17.6 Å². The summed E-state index contributed by atoms with van der Waals surface area (Å²) in [7, 11) is 0. The fraction of sp³-hybridized carbons (Fsp3) is 0.273. The molecule has 0 aliphatic heterocycles. The molecule has 2 heterocycles. The van der Waals surface area contributed by atoms with Crippen LogP contribution in [0.3, 0.4) is 0 Å². The van der Waals surface area contributed by atoms with E-state index in [-0.39, 0.29) is 0 Å². The molecule has 0 aliphatic carbocycles. The summed E-state index contributed by atoms with van der Waals surface area (Å²) in [6.07, 6.45) is 7.22. The van der Waals surface area contributed by atoms with E-state index in [4.69, 9.17) is 5.73 Å². The summed E-state index contributed by atoms with van der Waals surface area (Å²) in [6.45, 7) is 3.63. The van der Waals surface area contributed by atoms with E-state index < -0.39 is 0 Å². The predicted molar refractivity (Wildman–Crippen MR) is 64.1 cm³/mol. The Kier molecular flexibility index (Phi) is 3.05. The molecule has 2 aromatic rings. The standard InChI is InChI=1S/C11H15N5/c1-9-6-15-16(8-9)5-4-14-11-2-3-13-7-10(11)12/h2-3,6-8H,4-5,12H2,1H3,(H,13,14). The Hall–Kier alpha value is -2.04. The molecule has 84 valence electrons. The summed E-state index contributed by atoms with van der Waals surface area (Å²) < 4.78 is 1.90. The first-order chi connectivity index (χ1) is 7.75. The predicted octanol–water partition coefficient (Wildman–Crippen LogP) is 1.28. The number of hydrogen-bond donors (Lipinski definition) is 2. The lowest BCUT2D eigenvalue weighted by Gasteiger charge is -2.08. The zero-order valence-electron chi connectivity index (χ0n) is 9.22. The van der Waals surface area contributed by atoms with E-state index in [0.29, 0.717) is 5.69 Å². The number of aromatic nitrogens is 3. The number of nitrogen functional groups attached to an aromatic ring is 1. The van der Waals surface area contributed by atoms with Crippen LogP contribution in [0.4, 0.5) is 11.4 Å². The monoisotopic (exact) mass is 217 g/mol. The van der Waals surface area contributed by atoms with E-state index >= 15 is 0 Å². The average Bonchev–Trinajstić information content (AvgIpc) is 2.67. The van der Waals surface area contributed by atoms with E-state index in [9.17, 15) is 0 Å². The van der Waals surface area contributed by atoms with Gasteiger partial charge in [0.1, 0.15) is 0 Å². The van der Waals surface area contributed by atoms with Crippen molar-refractivity contribution < 1.29 is 0 Å². The second-order valence-corrected chi connectivity index (χ2v) is 3.67. The molecule has 0 aromatic carbocycles. The van der Waals surface area contributed by atoms with Crippen LogP contribution in [0.15, 0.2) is 30.9 Å². The molecule has 0 unspecified atom stereocenters. The van der Waals surface area contributed by atoms with Gasteiger partial charge in [-0.3, -0.25) is 9.67 Å². The molecule has 5 heteroatoms. The van der Waals surface area contributed by atoms with E-state index in [0.717, 1.165) is 18.8 Å². The van der Waals surface area contributed by atoms with Gasteiger partial charge in [0.25, 0.3) is 0 Å². The van der Waals surface area contributed by atoms with E-state index in [2.05, 4.69) is 15.4 Å². The molecule has 2 aromatic heterocycles. The normalized spacial score (nSPS) is 10.3. The van der Waals surface area contributed by atoms with Crippen LogP contribution in [-0.4, -0.2) is 21.3 Å². The summed E-state index contributed by atoms with van der Waals surface area (Å²) in [5.74, 6) is 0. The highest BCUT2D eigenvalue weighted by atomic mass is 15.3. The SMILES string of the molecule is Cc1cnn(CCNc2ccncc2N)c1. The van der Waals surface area contributed by atoms with Gasteiger partial charge in [-0.05, 0) is 18.6 Å². The number of pyridine rings is 1. The topological polar surface area (TPSA) is 68.8 Å². The molecule has 5 nitrogen and oxygen atoms in total. The fourth-order valence-electron chi connectivity index (χ4n) is 1.46. The number of aryl methyl sites for hydroxylation is 1. The summed E-state index contributed by atoms with van der Waals surface area (Å²) in [5, 5.41) is 7.45. The molecule has 2 rings (SSSR count). The van der Waals surface area contributed by atoms with Crippen molar-refractivity contribution in [1.82, 2.24) is 14.8 Å². The Balaban J connectivity index is 1.87. The van der Waals surface area contributed by atoms with Gasteiger partial charge in [-0.15, -0.1) is 0 Å². The van der Waals surface area contributed by atoms with Crippen molar-refractivity contribution in [3.8, 4) is 0 Å². The van der Waals surface area contributed by atoms with Crippen LogP contribution < -0.4 is 11.1 Å². The van der Waals surface area contributed by atoms with Crippen molar-refractivity contribution in [1.29, 1.82) is 0 Å². The molecule has 0 spiro atoms. The summed E-state index contributed by atoms with van der Waals surface area (Å²) in [5.41, 5.74) is 8.51. The average molecular weight is 217 g/mol. The van der Waals surface area contributed by atoms with Crippen LogP contribution in [0.25, 0.3) is 0 Å². The second-order valence-electron chi connectivity index (χ2n) is 3.67. The molecule has 0 saturated heterocycles. The first-order valence-electron chi connectivity index (χ1n) is 5.18. The molecule has 0 atom stereocenters. The molecule has 0 radical (unpaired) electrons. The molecule has 3 N–H and O–H groups in total. The van der Waals surface area contributed by atoms with Crippen LogP contribution in [0, 0.1) is 6.92 Å². The van der Waals surface area contributed by atoms with Crippen LogP contribution in [0.5, 0.6) is 0 Å². The quantitative estimate of drug-likeness (QED) is 0.809. The minimum Gasteiger partial charge on any atom is -0.396 e. The van der Waals surface area contributed by atoms with Gasteiger partial charge in [0.15, 0.2) is 0 Å². The Morgan fingerprint density at radius 1 is 1.44 bits per heavy atom. The van der Waals surface area contributed by atoms with Gasteiger partial charge in [-0.1, -0.05) is 0 Å². The first kappa shape index (κ1) is 10.5. The summed E-state index contributed by atoms with van der Waals surface area (Å²) in [4.78, 5) is 3.93. The van der Waals surface area contributed by atoms with E-state index in [1.807, 2.05) is 30.1 Å². The second kappa shape index (κ2) is 4.65. The maximum Gasteiger partial charge on any atom is 0.0736 e. The zero-order chi connectivity index (χ0) is 11.4. The van der Waals surface area contributed by atoms with Crippen molar-refractivity contribution in [2.24, 2.45) is 0 Å².